The van der Waals surface area contributed by atoms with Crippen LogP contribution in [-0.4, -0.2) is 90.3 Å². The van der Waals surface area contributed by atoms with E-state index in [4.69, 9.17) is 54.3 Å². The number of hydrogen-bond donors (Lipinski definition) is 0. The van der Waals surface area contributed by atoms with E-state index in [1.54, 1.807) is 19.1 Å². The number of nitrogens with zero attached hydrogens (tertiary/aromatic N) is 4. The standard InChI is InChI=1S/C26H24B2ClF3N4O9P2/c1-10-3-15-14(5-12(10)29)33-9-36(15)26-20(32)24-17(43-26)7-41-46(27,38)44-23-16(6-40-47(28,39)45-24)42-22(19(23)31)11-4-13(30)18-21(11)34-8-35(2)25(18)37/h3-5,8-9,11,16-17,19-20,22-24,26H,6-7H2,1-2H3/t11?,16-,17-,19?,20+,22+,23+,24?,26-,46?,47?/m1/s1. The lowest BCUT2D eigenvalue weighted by atomic mass is 9.95. The molecule has 1 aromatic carbocycles. The first-order valence-electron chi connectivity index (χ1n) is 14.2. The van der Waals surface area contributed by atoms with Crippen LogP contribution in [0.5, 0.6) is 0 Å². The molecule has 1 aliphatic carbocycles. The Kier molecular flexibility index (Phi) is 8.46. The minimum atomic E-state index is -4.65. The van der Waals surface area contributed by atoms with Crippen molar-refractivity contribution in [2.75, 3.05) is 13.2 Å². The number of benzene rings is 1. The van der Waals surface area contributed by atoms with E-state index in [1.165, 1.54) is 17.9 Å². The number of rotatable bonds is 2. The molecule has 47 heavy (non-hydrogen) atoms. The molecule has 21 heteroatoms. The van der Waals surface area contributed by atoms with Crippen LogP contribution in [0.2, 0.25) is 5.02 Å². The van der Waals surface area contributed by atoms with Gasteiger partial charge in [-0.1, -0.05) is 11.6 Å². The summed E-state index contributed by atoms with van der Waals surface area (Å²) in [5, 5.41) is 0.444. The van der Waals surface area contributed by atoms with Gasteiger partial charge in [-0.3, -0.25) is 13.9 Å². The lowest BCUT2D eigenvalue weighted by molar-refractivity contribution is -0.0497. The summed E-state index contributed by atoms with van der Waals surface area (Å²) in [4.78, 5) is 20.8. The molecular weight excluding hydrogens is 688 g/mol. The average Bonchev–Trinajstić information content (AvgIpc) is 3.72. The zero-order valence-corrected chi connectivity index (χ0v) is 27.1. The Hall–Kier alpha value is -2.26. The van der Waals surface area contributed by atoms with Crippen molar-refractivity contribution in [1.29, 1.82) is 0 Å². The van der Waals surface area contributed by atoms with Gasteiger partial charge in [0.15, 0.2) is 18.6 Å². The van der Waals surface area contributed by atoms with E-state index in [0.717, 1.165) is 17.0 Å². The van der Waals surface area contributed by atoms with Crippen molar-refractivity contribution < 1.29 is 49.9 Å². The molecule has 0 bridgehead atoms. The second-order valence-electron chi connectivity index (χ2n) is 11.6. The van der Waals surface area contributed by atoms with Crippen LogP contribution in [0.25, 0.3) is 16.9 Å². The van der Waals surface area contributed by atoms with E-state index in [9.17, 15) is 18.3 Å². The van der Waals surface area contributed by atoms with Crippen molar-refractivity contribution in [2.24, 2.45) is 7.05 Å². The first-order chi connectivity index (χ1) is 22.1. The van der Waals surface area contributed by atoms with E-state index in [-0.39, 0.29) is 11.3 Å². The summed E-state index contributed by atoms with van der Waals surface area (Å²) < 4.78 is 109. The Labute approximate surface area is 272 Å². The molecule has 5 heterocycles. The highest BCUT2D eigenvalue weighted by Gasteiger charge is 2.55. The van der Waals surface area contributed by atoms with E-state index in [1.807, 2.05) is 0 Å². The molecule has 11 atom stereocenters. The molecule has 2 aromatic heterocycles. The van der Waals surface area contributed by atoms with Crippen LogP contribution in [0.1, 0.15) is 29.0 Å². The number of halogens is 4. The maximum atomic E-state index is 16.1. The number of hydrogen-bond acceptors (Lipinski definition) is 11. The Bertz CT molecular complexity index is 1950. The zero-order valence-electron chi connectivity index (χ0n) is 24.5. The zero-order chi connectivity index (χ0) is 33.6. The Morgan fingerprint density at radius 1 is 0.957 bits per heavy atom. The van der Waals surface area contributed by atoms with E-state index in [2.05, 4.69) is 9.97 Å². The van der Waals surface area contributed by atoms with E-state index >= 15 is 8.78 Å². The Morgan fingerprint density at radius 2 is 1.60 bits per heavy atom. The highest BCUT2D eigenvalue weighted by atomic mass is 35.5. The number of alkyl halides is 2. The van der Waals surface area contributed by atoms with Crippen LogP contribution in [0, 0.1) is 6.92 Å². The molecule has 7 rings (SSSR count). The fraction of sp³-hybridized carbons (Fsp3) is 0.500. The maximum absolute atomic E-state index is 16.1. The summed E-state index contributed by atoms with van der Waals surface area (Å²) in [5.41, 5.74) is 0.431. The monoisotopic (exact) mass is 712 g/mol. The van der Waals surface area contributed by atoms with Crippen LogP contribution in [0.3, 0.4) is 0 Å². The maximum Gasteiger partial charge on any atom is 0.264 e. The highest BCUT2D eigenvalue weighted by Crippen LogP contribution is 2.54. The van der Waals surface area contributed by atoms with Crippen LogP contribution in [0.4, 0.5) is 13.2 Å². The summed E-state index contributed by atoms with van der Waals surface area (Å²) in [5.74, 6) is -2.14. The number of ether oxygens (including phenoxy) is 2. The largest absolute Gasteiger partial charge is 0.366 e. The Morgan fingerprint density at radius 3 is 2.28 bits per heavy atom. The topological polar surface area (TPSA) is 142 Å². The van der Waals surface area contributed by atoms with Crippen molar-refractivity contribution in [3.8, 4) is 0 Å². The van der Waals surface area contributed by atoms with Gasteiger partial charge in [0, 0.05) is 12.1 Å². The molecule has 246 valence electrons. The van der Waals surface area contributed by atoms with Gasteiger partial charge < -0.3 is 36.7 Å². The average molecular weight is 713 g/mol. The number of imidazole rings is 1. The van der Waals surface area contributed by atoms with Gasteiger partial charge in [0.1, 0.15) is 36.3 Å². The molecule has 0 amide bonds. The second-order valence-corrected chi connectivity index (χ2v) is 15.1. The van der Waals surface area contributed by atoms with Crippen molar-refractivity contribution in [2.45, 2.75) is 61.9 Å². The first kappa shape index (κ1) is 33.2. The number of aromatic nitrogens is 4. The van der Waals surface area contributed by atoms with Gasteiger partial charge in [-0.05, 0) is 30.7 Å². The molecular formula is C26H24B2ClF3N4O9P2. The Balaban J connectivity index is 1.15. The van der Waals surface area contributed by atoms with Gasteiger partial charge in [0.2, 0.25) is 15.1 Å². The van der Waals surface area contributed by atoms with Crippen LogP contribution in [-0.2, 0) is 43.7 Å². The van der Waals surface area contributed by atoms with Crippen molar-refractivity contribution >= 4 is 58.5 Å². The van der Waals surface area contributed by atoms with Crippen molar-refractivity contribution in [1.82, 2.24) is 19.1 Å². The third-order valence-corrected chi connectivity index (χ3v) is 11.0. The van der Waals surface area contributed by atoms with E-state index < -0.39 is 94.6 Å². The fourth-order valence-corrected chi connectivity index (χ4v) is 8.35. The van der Waals surface area contributed by atoms with Crippen molar-refractivity contribution in [3.63, 3.8) is 0 Å². The molecule has 4 radical (unpaired) electrons. The number of aryl methyl sites for hydroxylation is 2. The predicted molar refractivity (Wildman–Crippen MR) is 162 cm³/mol. The fourth-order valence-electron chi connectivity index (χ4n) is 6.18. The second kappa shape index (κ2) is 12.0. The molecule has 3 saturated heterocycles. The predicted octanol–water partition coefficient (Wildman–Crippen LogP) is 3.91. The smallest absolute Gasteiger partial charge is 0.264 e. The molecule has 3 aromatic rings. The lowest BCUT2D eigenvalue weighted by Crippen LogP contribution is -2.37. The molecule has 4 aliphatic rings. The van der Waals surface area contributed by atoms with Gasteiger partial charge in [-0.15, -0.1) is 0 Å². The third kappa shape index (κ3) is 5.89. The molecule has 13 nitrogen and oxygen atoms in total. The normalized spacial score (nSPS) is 39.1. The van der Waals surface area contributed by atoms with Gasteiger partial charge in [0.05, 0.1) is 54.1 Å². The summed E-state index contributed by atoms with van der Waals surface area (Å²) in [6.45, 7) is 0.231. The summed E-state index contributed by atoms with van der Waals surface area (Å²) in [7, 11) is 3.76. The minimum absolute atomic E-state index is 0.0889. The van der Waals surface area contributed by atoms with Crippen LogP contribution < -0.4 is 5.56 Å². The summed E-state index contributed by atoms with van der Waals surface area (Å²) in [6.07, 6.45) is -10.1. The van der Waals surface area contributed by atoms with Gasteiger partial charge >= 0.3 is 0 Å². The molecule has 3 aliphatic heterocycles. The van der Waals surface area contributed by atoms with Crippen molar-refractivity contribution in [3.05, 3.63) is 63.1 Å². The van der Waals surface area contributed by atoms with E-state index in [0.29, 0.717) is 21.6 Å². The van der Waals surface area contributed by atoms with Gasteiger partial charge in [-0.2, -0.15) is 0 Å². The molecule has 0 spiro atoms. The SMILES string of the molecule is [B]P1(=O)OC[C@H]2O[C@@H](C3C=C(F)c4c3ncn(C)c4=O)C(F)[C@H]2OP([B])(=O)OC[C@H]2O[C@@H](n3cnc4cc(Cl)c(C)cc43)[C@@H](F)C2O1. The number of fused-ring (bicyclic) bond motifs is 4. The molecule has 3 fully saturated rings. The first-order valence-corrected chi connectivity index (χ1v) is 17.8. The molecule has 0 N–H and O–H groups in total. The van der Waals surface area contributed by atoms with Gasteiger partial charge in [-0.25, -0.2) is 23.1 Å². The third-order valence-electron chi connectivity index (χ3n) is 8.49. The van der Waals surface area contributed by atoms with Crippen LogP contribution in [0.15, 0.2) is 35.7 Å². The summed E-state index contributed by atoms with van der Waals surface area (Å²) in [6, 6.07) is 3.27. The quantitative estimate of drug-likeness (QED) is 0.282. The lowest BCUT2D eigenvalue weighted by Gasteiger charge is -2.29. The van der Waals surface area contributed by atoms with Gasteiger partial charge in [0.25, 0.3) is 20.5 Å². The molecule has 0 saturated carbocycles. The molecule has 5 unspecified atom stereocenters. The summed E-state index contributed by atoms with van der Waals surface area (Å²) >= 11 is 6.19. The van der Waals surface area contributed by atoms with Crippen LogP contribution >= 0.6 is 26.5 Å². The minimum Gasteiger partial charge on any atom is -0.366 e. The highest BCUT2D eigenvalue weighted by molar-refractivity contribution is 7.79.